The molecule has 0 aliphatic carbocycles. The van der Waals surface area contributed by atoms with Gasteiger partial charge < -0.3 is 11.5 Å². The molecular weight excluding hydrogens is 200 g/mol. The van der Waals surface area contributed by atoms with Crippen LogP contribution in [0.1, 0.15) is 5.56 Å². The first-order chi connectivity index (χ1) is 6.31. The van der Waals surface area contributed by atoms with Crippen LogP contribution in [0.15, 0.2) is 12.1 Å². The first-order valence-corrected chi connectivity index (χ1v) is 3.70. The highest BCUT2D eigenvalue weighted by Gasteiger charge is 2.29. The number of halogens is 4. The molecular formula is C8H8F4N2. The van der Waals surface area contributed by atoms with Crippen LogP contribution in [0, 0.1) is 5.82 Å². The van der Waals surface area contributed by atoms with Gasteiger partial charge in [0.05, 0.1) is 17.8 Å². The molecule has 4 N–H and O–H groups in total. The second kappa shape index (κ2) is 3.36. The van der Waals surface area contributed by atoms with E-state index in [1.54, 1.807) is 0 Å². The van der Waals surface area contributed by atoms with Gasteiger partial charge in [0.2, 0.25) is 0 Å². The van der Waals surface area contributed by atoms with E-state index in [4.69, 9.17) is 11.5 Å². The maximum atomic E-state index is 13.1. The van der Waals surface area contributed by atoms with Crippen molar-refractivity contribution in [1.82, 2.24) is 0 Å². The molecule has 0 amide bonds. The van der Waals surface area contributed by atoms with Gasteiger partial charge in [0.1, 0.15) is 0 Å². The van der Waals surface area contributed by atoms with Gasteiger partial charge in [0, 0.05) is 0 Å². The van der Waals surface area contributed by atoms with Crippen LogP contribution in [0.2, 0.25) is 0 Å². The van der Waals surface area contributed by atoms with Crippen LogP contribution in [0.3, 0.4) is 0 Å². The third-order valence-electron chi connectivity index (χ3n) is 1.68. The molecule has 1 aromatic carbocycles. The monoisotopic (exact) mass is 208 g/mol. The van der Waals surface area contributed by atoms with Gasteiger partial charge in [-0.1, -0.05) is 6.07 Å². The Morgan fingerprint density at radius 1 is 1.14 bits per heavy atom. The van der Waals surface area contributed by atoms with Gasteiger partial charge >= 0.3 is 6.18 Å². The van der Waals surface area contributed by atoms with E-state index in [1.807, 2.05) is 0 Å². The third-order valence-corrected chi connectivity index (χ3v) is 1.68. The molecule has 6 heteroatoms. The molecule has 0 spiro atoms. The molecule has 0 saturated heterocycles. The summed E-state index contributed by atoms with van der Waals surface area (Å²) in [5.41, 5.74) is 9.35. The van der Waals surface area contributed by atoms with Gasteiger partial charge in [0.15, 0.2) is 5.82 Å². The summed E-state index contributed by atoms with van der Waals surface area (Å²) in [5.74, 6) is -1.10. The lowest BCUT2D eigenvalue weighted by Crippen LogP contribution is -2.14. The topological polar surface area (TPSA) is 52.0 Å². The fraction of sp³-hybridized carbons (Fsp3) is 0.250. The van der Waals surface area contributed by atoms with Crippen LogP contribution in [0.5, 0.6) is 0 Å². The Morgan fingerprint density at radius 2 is 1.71 bits per heavy atom. The van der Waals surface area contributed by atoms with Crippen molar-refractivity contribution < 1.29 is 17.6 Å². The summed E-state index contributed by atoms with van der Waals surface area (Å²) in [4.78, 5) is 0. The van der Waals surface area contributed by atoms with E-state index in [0.717, 1.165) is 12.1 Å². The standard InChI is InChI=1S/C8H8F4N2/c9-6-4(3-8(10,11)12)1-2-5(13)7(6)14/h1-2H,3,13-14H2. The Labute approximate surface area is 77.5 Å². The molecule has 1 aromatic rings. The summed E-state index contributed by atoms with van der Waals surface area (Å²) in [7, 11) is 0. The van der Waals surface area contributed by atoms with Crippen LogP contribution >= 0.6 is 0 Å². The smallest absolute Gasteiger partial charge is 0.393 e. The molecule has 14 heavy (non-hydrogen) atoms. The zero-order chi connectivity index (χ0) is 10.9. The normalized spacial score (nSPS) is 11.7. The van der Waals surface area contributed by atoms with Crippen LogP contribution in [-0.2, 0) is 6.42 Å². The van der Waals surface area contributed by atoms with Crippen molar-refractivity contribution in [1.29, 1.82) is 0 Å². The molecule has 2 nitrogen and oxygen atoms in total. The summed E-state index contributed by atoms with van der Waals surface area (Å²) < 4.78 is 48.8. The average molecular weight is 208 g/mol. The highest BCUT2D eigenvalue weighted by molar-refractivity contribution is 5.65. The number of rotatable bonds is 1. The van der Waals surface area contributed by atoms with E-state index in [-0.39, 0.29) is 5.69 Å². The summed E-state index contributed by atoms with van der Waals surface area (Å²) in [6, 6.07) is 2.13. The van der Waals surface area contributed by atoms with Gasteiger partial charge in [-0.05, 0) is 11.6 Å². The number of hydrogen-bond acceptors (Lipinski definition) is 2. The zero-order valence-electron chi connectivity index (χ0n) is 7.03. The van der Waals surface area contributed by atoms with Crippen molar-refractivity contribution in [3.05, 3.63) is 23.5 Å². The number of alkyl halides is 3. The number of nitrogens with two attached hydrogens (primary N) is 2. The van der Waals surface area contributed by atoms with E-state index >= 15 is 0 Å². The van der Waals surface area contributed by atoms with Gasteiger partial charge in [-0.15, -0.1) is 0 Å². The summed E-state index contributed by atoms with van der Waals surface area (Å²) >= 11 is 0. The zero-order valence-corrected chi connectivity index (χ0v) is 7.03. The molecule has 0 aliphatic heterocycles. The maximum Gasteiger partial charge on any atom is 0.393 e. The summed E-state index contributed by atoms with van der Waals surface area (Å²) in [6.07, 6.45) is -5.80. The predicted octanol–water partition coefficient (Wildman–Crippen LogP) is 2.09. The van der Waals surface area contributed by atoms with Crippen molar-refractivity contribution in [3.8, 4) is 0 Å². The van der Waals surface area contributed by atoms with Gasteiger partial charge in [-0.25, -0.2) is 4.39 Å². The first kappa shape index (κ1) is 10.6. The van der Waals surface area contributed by atoms with Crippen molar-refractivity contribution >= 4 is 11.4 Å². The molecule has 1 rings (SSSR count). The molecule has 0 unspecified atom stereocenters. The minimum absolute atomic E-state index is 0.0616. The molecule has 0 fully saturated rings. The lowest BCUT2D eigenvalue weighted by Gasteiger charge is -2.09. The Bertz CT molecular complexity index is 346. The highest BCUT2D eigenvalue weighted by atomic mass is 19.4. The minimum Gasteiger partial charge on any atom is -0.397 e. The molecule has 0 aromatic heterocycles. The van der Waals surface area contributed by atoms with Gasteiger partial charge in [0.25, 0.3) is 0 Å². The Hall–Kier alpha value is -1.46. The quantitative estimate of drug-likeness (QED) is 0.548. The molecule has 0 atom stereocenters. The van der Waals surface area contributed by atoms with Crippen molar-refractivity contribution in [2.24, 2.45) is 0 Å². The fourth-order valence-electron chi connectivity index (χ4n) is 1.01. The largest absolute Gasteiger partial charge is 0.397 e. The van der Waals surface area contributed by atoms with E-state index < -0.39 is 29.7 Å². The average Bonchev–Trinajstić information content (AvgIpc) is 2.04. The van der Waals surface area contributed by atoms with Crippen molar-refractivity contribution in [2.75, 3.05) is 11.5 Å². The lowest BCUT2D eigenvalue weighted by atomic mass is 10.1. The molecule has 0 radical (unpaired) electrons. The second-order valence-electron chi connectivity index (χ2n) is 2.83. The number of nitrogen functional groups attached to an aromatic ring is 2. The predicted molar refractivity (Wildman–Crippen MR) is 45.0 cm³/mol. The van der Waals surface area contributed by atoms with Gasteiger partial charge in [-0.2, -0.15) is 13.2 Å². The van der Waals surface area contributed by atoms with Crippen molar-refractivity contribution in [2.45, 2.75) is 12.6 Å². The van der Waals surface area contributed by atoms with Crippen LogP contribution in [0.4, 0.5) is 28.9 Å². The van der Waals surface area contributed by atoms with E-state index in [2.05, 4.69) is 0 Å². The lowest BCUT2D eigenvalue weighted by molar-refractivity contribution is -0.127. The Morgan fingerprint density at radius 3 is 2.21 bits per heavy atom. The third kappa shape index (κ3) is 2.27. The SMILES string of the molecule is Nc1ccc(CC(F)(F)F)c(F)c1N. The van der Waals surface area contributed by atoms with Crippen LogP contribution < -0.4 is 11.5 Å². The number of benzene rings is 1. The molecule has 0 aliphatic rings. The van der Waals surface area contributed by atoms with E-state index in [0.29, 0.717) is 0 Å². The minimum atomic E-state index is -4.45. The van der Waals surface area contributed by atoms with E-state index in [9.17, 15) is 17.6 Å². The number of hydrogen-bond donors (Lipinski definition) is 2. The summed E-state index contributed by atoms with van der Waals surface area (Å²) in [6.45, 7) is 0. The first-order valence-electron chi connectivity index (χ1n) is 3.70. The Balaban J connectivity index is 3.06. The second-order valence-corrected chi connectivity index (χ2v) is 2.83. The molecule has 78 valence electrons. The van der Waals surface area contributed by atoms with Crippen LogP contribution in [0.25, 0.3) is 0 Å². The molecule has 0 saturated carbocycles. The van der Waals surface area contributed by atoms with Crippen LogP contribution in [-0.4, -0.2) is 6.18 Å². The molecule has 0 heterocycles. The summed E-state index contributed by atoms with van der Waals surface area (Å²) in [5, 5.41) is 0. The maximum absolute atomic E-state index is 13.1. The Kier molecular flexibility index (Phi) is 2.55. The fourth-order valence-corrected chi connectivity index (χ4v) is 1.01. The van der Waals surface area contributed by atoms with Gasteiger partial charge in [-0.3, -0.25) is 0 Å². The number of anilines is 2. The van der Waals surface area contributed by atoms with Crippen molar-refractivity contribution in [3.63, 3.8) is 0 Å². The highest BCUT2D eigenvalue weighted by Crippen LogP contribution is 2.27. The van der Waals surface area contributed by atoms with E-state index in [1.165, 1.54) is 0 Å². The molecule has 0 bridgehead atoms.